The van der Waals surface area contributed by atoms with Gasteiger partial charge in [-0.3, -0.25) is 0 Å². The number of methoxy groups -OCH3 is 1. The lowest BCUT2D eigenvalue weighted by Gasteiger charge is -2.14. The summed E-state index contributed by atoms with van der Waals surface area (Å²) in [5.41, 5.74) is 11.2. The summed E-state index contributed by atoms with van der Waals surface area (Å²) in [6.45, 7) is 1.67. The summed E-state index contributed by atoms with van der Waals surface area (Å²) in [7, 11) is 1.57. The highest BCUT2D eigenvalue weighted by atomic mass is 16.7. The first-order valence-electron chi connectivity index (χ1n) is 6.85. The topological polar surface area (TPSA) is 114 Å². The molecule has 1 aromatic carbocycles. The lowest BCUT2D eigenvalue weighted by Crippen LogP contribution is -2.21. The van der Waals surface area contributed by atoms with Crippen LogP contribution in [0, 0.1) is 0 Å². The second kappa shape index (κ2) is 8.20. The number of para-hydroxylation sites is 1. The number of benzene rings is 1. The van der Waals surface area contributed by atoms with E-state index in [0.717, 1.165) is 0 Å². The van der Waals surface area contributed by atoms with Gasteiger partial charge < -0.3 is 30.4 Å². The second-order valence-corrected chi connectivity index (χ2v) is 4.46. The summed E-state index contributed by atoms with van der Waals surface area (Å²) in [6, 6.07) is 5.45. The molecule has 1 saturated heterocycles. The largest absolute Gasteiger partial charge is 0.493 e. The molecule has 8 heteroatoms. The van der Waals surface area contributed by atoms with Crippen LogP contribution in [-0.4, -0.2) is 45.4 Å². The van der Waals surface area contributed by atoms with Crippen molar-refractivity contribution >= 4 is 12.2 Å². The zero-order chi connectivity index (χ0) is 15.8. The van der Waals surface area contributed by atoms with Gasteiger partial charge in [0.15, 0.2) is 17.8 Å². The van der Waals surface area contributed by atoms with E-state index in [9.17, 15) is 0 Å². The van der Waals surface area contributed by atoms with E-state index < -0.39 is 0 Å². The quantitative estimate of drug-likeness (QED) is 0.429. The Morgan fingerprint density at radius 2 is 2.14 bits per heavy atom. The van der Waals surface area contributed by atoms with Gasteiger partial charge in [0.05, 0.1) is 33.1 Å². The van der Waals surface area contributed by atoms with Gasteiger partial charge in [0.1, 0.15) is 0 Å². The van der Waals surface area contributed by atoms with Crippen LogP contribution in [0.2, 0.25) is 0 Å². The van der Waals surface area contributed by atoms with Gasteiger partial charge in [-0.05, 0) is 12.1 Å². The fourth-order valence-corrected chi connectivity index (χ4v) is 1.94. The maximum absolute atomic E-state index is 5.79. The lowest BCUT2D eigenvalue weighted by atomic mass is 10.2. The third-order valence-electron chi connectivity index (χ3n) is 2.89. The van der Waals surface area contributed by atoms with E-state index in [2.05, 4.69) is 10.2 Å². The number of nitrogens with zero attached hydrogens (tertiary/aromatic N) is 2. The van der Waals surface area contributed by atoms with Crippen LogP contribution in [-0.2, 0) is 9.47 Å². The summed E-state index contributed by atoms with van der Waals surface area (Å²) in [4.78, 5) is 0. The first-order chi connectivity index (χ1) is 10.7. The van der Waals surface area contributed by atoms with Gasteiger partial charge in [-0.15, -0.1) is 5.10 Å². The van der Waals surface area contributed by atoms with Gasteiger partial charge >= 0.3 is 0 Å². The van der Waals surface area contributed by atoms with Crippen LogP contribution in [0.15, 0.2) is 28.4 Å². The molecular weight excluding hydrogens is 288 g/mol. The molecule has 120 valence electrons. The Labute approximate surface area is 128 Å². The Kier molecular flexibility index (Phi) is 5.99. The monoisotopic (exact) mass is 308 g/mol. The van der Waals surface area contributed by atoms with Crippen molar-refractivity contribution in [3.63, 3.8) is 0 Å². The molecule has 0 aromatic heterocycles. The van der Waals surface area contributed by atoms with E-state index in [1.165, 1.54) is 6.21 Å². The minimum Gasteiger partial charge on any atom is -0.493 e. The summed E-state index contributed by atoms with van der Waals surface area (Å²) >= 11 is 0. The number of hydrogen-bond acceptors (Lipinski definition) is 6. The first-order valence-corrected chi connectivity index (χ1v) is 6.85. The van der Waals surface area contributed by atoms with Crippen LogP contribution < -0.4 is 20.9 Å². The van der Waals surface area contributed by atoms with Gasteiger partial charge in [0.25, 0.3) is 0 Å². The van der Waals surface area contributed by atoms with Crippen molar-refractivity contribution in [2.75, 3.05) is 26.9 Å². The van der Waals surface area contributed by atoms with Crippen molar-refractivity contribution in [2.24, 2.45) is 21.7 Å². The smallest absolute Gasteiger partial charge is 0.211 e. The van der Waals surface area contributed by atoms with Gasteiger partial charge in [-0.1, -0.05) is 6.07 Å². The summed E-state index contributed by atoms with van der Waals surface area (Å²) in [5, 5.41) is 7.36. The number of ether oxygens (including phenoxy) is 4. The van der Waals surface area contributed by atoms with E-state index in [0.29, 0.717) is 43.3 Å². The fourth-order valence-electron chi connectivity index (χ4n) is 1.94. The van der Waals surface area contributed by atoms with E-state index in [1.54, 1.807) is 13.2 Å². The maximum Gasteiger partial charge on any atom is 0.211 e. The molecule has 0 atom stereocenters. The zero-order valence-electron chi connectivity index (χ0n) is 12.4. The third kappa shape index (κ3) is 4.61. The van der Waals surface area contributed by atoms with Crippen LogP contribution in [0.3, 0.4) is 0 Å². The van der Waals surface area contributed by atoms with Crippen molar-refractivity contribution in [3.8, 4) is 11.5 Å². The van der Waals surface area contributed by atoms with Crippen molar-refractivity contribution < 1.29 is 18.9 Å². The van der Waals surface area contributed by atoms with Crippen LogP contribution >= 0.6 is 0 Å². The normalized spacial score (nSPS) is 15.1. The standard InChI is InChI=1S/C14H20N4O4/c1-19-11-4-2-3-10(9-17-18-14(15)16)13(11)22-6-5-12-20-7-8-21-12/h2-4,9,12H,5-8H2,1H3,(H4,15,16,18). The molecule has 0 bridgehead atoms. The second-order valence-electron chi connectivity index (χ2n) is 4.46. The molecule has 1 aromatic rings. The Hall–Kier alpha value is -2.32. The SMILES string of the molecule is COc1cccc(C=NN=C(N)N)c1OCCC1OCCO1. The van der Waals surface area contributed by atoms with E-state index in [1.807, 2.05) is 12.1 Å². The van der Waals surface area contributed by atoms with Crippen LogP contribution in [0.4, 0.5) is 0 Å². The van der Waals surface area contributed by atoms with E-state index in [-0.39, 0.29) is 12.2 Å². The molecule has 2 rings (SSSR count). The molecular formula is C14H20N4O4. The lowest BCUT2D eigenvalue weighted by molar-refractivity contribution is -0.0532. The van der Waals surface area contributed by atoms with Crippen molar-refractivity contribution in [2.45, 2.75) is 12.7 Å². The average molecular weight is 308 g/mol. The van der Waals surface area contributed by atoms with E-state index >= 15 is 0 Å². The van der Waals surface area contributed by atoms with E-state index in [4.69, 9.17) is 30.4 Å². The Balaban J connectivity index is 2.05. The predicted molar refractivity (Wildman–Crippen MR) is 82.2 cm³/mol. The summed E-state index contributed by atoms with van der Waals surface area (Å²) in [5.74, 6) is 1.05. The fraction of sp³-hybridized carbons (Fsp3) is 0.429. The molecule has 0 amide bonds. The van der Waals surface area contributed by atoms with Crippen LogP contribution in [0.1, 0.15) is 12.0 Å². The Morgan fingerprint density at radius 1 is 1.36 bits per heavy atom. The van der Waals surface area contributed by atoms with Crippen molar-refractivity contribution in [1.29, 1.82) is 0 Å². The molecule has 0 aliphatic carbocycles. The van der Waals surface area contributed by atoms with Crippen LogP contribution in [0.25, 0.3) is 0 Å². The molecule has 1 heterocycles. The molecule has 1 aliphatic heterocycles. The highest BCUT2D eigenvalue weighted by Crippen LogP contribution is 2.30. The zero-order valence-corrected chi connectivity index (χ0v) is 12.4. The Morgan fingerprint density at radius 3 is 2.82 bits per heavy atom. The van der Waals surface area contributed by atoms with Gasteiger partial charge in [-0.2, -0.15) is 5.10 Å². The molecule has 4 N–H and O–H groups in total. The molecule has 1 fully saturated rings. The predicted octanol–water partition coefficient (Wildman–Crippen LogP) is 0.444. The number of hydrogen-bond donors (Lipinski definition) is 2. The minimum absolute atomic E-state index is 0.114. The highest BCUT2D eigenvalue weighted by Gasteiger charge is 2.16. The highest BCUT2D eigenvalue weighted by molar-refractivity contribution is 5.86. The van der Waals surface area contributed by atoms with Crippen molar-refractivity contribution in [1.82, 2.24) is 0 Å². The molecule has 0 saturated carbocycles. The molecule has 22 heavy (non-hydrogen) atoms. The molecule has 8 nitrogen and oxygen atoms in total. The molecule has 1 aliphatic rings. The first kappa shape index (κ1) is 16.1. The van der Waals surface area contributed by atoms with Gasteiger partial charge in [0.2, 0.25) is 5.96 Å². The third-order valence-corrected chi connectivity index (χ3v) is 2.89. The minimum atomic E-state index is -0.214. The van der Waals surface area contributed by atoms with Crippen LogP contribution in [0.5, 0.6) is 11.5 Å². The molecule has 0 spiro atoms. The van der Waals surface area contributed by atoms with Gasteiger partial charge in [0, 0.05) is 12.0 Å². The number of guanidine groups is 1. The molecule has 0 unspecified atom stereocenters. The van der Waals surface area contributed by atoms with Crippen molar-refractivity contribution in [3.05, 3.63) is 23.8 Å². The summed E-state index contributed by atoms with van der Waals surface area (Å²) in [6.07, 6.45) is 1.91. The maximum atomic E-state index is 5.79. The Bertz CT molecular complexity index is 538. The number of rotatable bonds is 7. The van der Waals surface area contributed by atoms with Gasteiger partial charge in [-0.25, -0.2) is 0 Å². The number of nitrogens with two attached hydrogens (primary N) is 2. The average Bonchev–Trinajstić information content (AvgIpc) is 3.01. The summed E-state index contributed by atoms with van der Waals surface area (Å²) < 4.78 is 21.8. The molecule has 0 radical (unpaired) electrons.